The van der Waals surface area contributed by atoms with E-state index in [1.165, 1.54) is 0 Å². The largest absolute Gasteiger partial charge is 0.489 e. The summed E-state index contributed by atoms with van der Waals surface area (Å²) in [6, 6.07) is 7.91. The first-order chi connectivity index (χ1) is 11.1. The highest BCUT2D eigenvalue weighted by Crippen LogP contribution is 2.26. The van der Waals surface area contributed by atoms with E-state index in [0.717, 1.165) is 42.2 Å². The van der Waals surface area contributed by atoms with E-state index in [9.17, 15) is 0 Å². The van der Waals surface area contributed by atoms with Crippen LogP contribution in [0.15, 0.2) is 36.7 Å². The van der Waals surface area contributed by atoms with E-state index in [0.29, 0.717) is 5.02 Å². The zero-order valence-electron chi connectivity index (χ0n) is 13.9. The minimum Gasteiger partial charge on any atom is -0.489 e. The Morgan fingerprint density at radius 2 is 2.04 bits per heavy atom. The lowest BCUT2D eigenvalue weighted by molar-refractivity contribution is 0.242. The third kappa shape index (κ3) is 5.73. The van der Waals surface area contributed by atoms with Gasteiger partial charge in [0, 0.05) is 37.7 Å². The number of halogens is 1. The number of hydrogen-bond acceptors (Lipinski definition) is 4. The average molecular weight is 334 g/mol. The Bertz CT molecular complexity index is 631. The van der Waals surface area contributed by atoms with Crippen LogP contribution in [0.25, 0.3) is 0 Å². The lowest BCUT2D eigenvalue weighted by Crippen LogP contribution is -2.22. The number of hydrogen-bond donors (Lipinski definition) is 2. The van der Waals surface area contributed by atoms with Gasteiger partial charge in [-0.1, -0.05) is 17.7 Å². The van der Waals surface area contributed by atoms with Crippen molar-refractivity contribution in [1.29, 1.82) is 0 Å². The monoisotopic (exact) mass is 333 g/mol. The summed E-state index contributed by atoms with van der Waals surface area (Å²) >= 11 is 6.24. The summed E-state index contributed by atoms with van der Waals surface area (Å²) in [6.45, 7) is 8.52. The predicted molar refractivity (Wildman–Crippen MR) is 96.4 cm³/mol. The number of anilines is 1. The maximum atomic E-state index is 6.24. The molecule has 2 N–H and O–H groups in total. The number of nitrogens with one attached hydrogen (secondary N) is 2. The molecule has 0 fully saturated rings. The Morgan fingerprint density at radius 1 is 1.22 bits per heavy atom. The van der Waals surface area contributed by atoms with Crippen molar-refractivity contribution < 1.29 is 4.74 Å². The number of aryl methyl sites for hydroxylation is 1. The fourth-order valence-electron chi connectivity index (χ4n) is 2.19. The smallest absolute Gasteiger partial charge is 0.138 e. The van der Waals surface area contributed by atoms with Crippen LogP contribution in [0.1, 0.15) is 25.0 Å². The van der Waals surface area contributed by atoms with Gasteiger partial charge in [0.05, 0.1) is 11.1 Å². The summed E-state index contributed by atoms with van der Waals surface area (Å²) in [4.78, 5) is 4.08. The molecule has 0 unspecified atom stereocenters. The van der Waals surface area contributed by atoms with Gasteiger partial charge in [-0.2, -0.15) is 0 Å². The van der Waals surface area contributed by atoms with E-state index in [-0.39, 0.29) is 6.10 Å². The fraction of sp³-hybridized carbons (Fsp3) is 0.389. The van der Waals surface area contributed by atoms with Crippen molar-refractivity contribution in [2.24, 2.45) is 0 Å². The maximum absolute atomic E-state index is 6.24. The Morgan fingerprint density at radius 3 is 2.74 bits per heavy atom. The van der Waals surface area contributed by atoms with Crippen molar-refractivity contribution in [2.45, 2.75) is 33.4 Å². The fourth-order valence-corrected chi connectivity index (χ4v) is 2.44. The molecular weight excluding hydrogens is 310 g/mol. The van der Waals surface area contributed by atoms with Crippen molar-refractivity contribution in [3.63, 3.8) is 0 Å². The third-order valence-corrected chi connectivity index (χ3v) is 3.62. The van der Waals surface area contributed by atoms with Crippen LogP contribution in [-0.2, 0) is 6.54 Å². The summed E-state index contributed by atoms with van der Waals surface area (Å²) in [5.41, 5.74) is 3.42. The normalized spacial score (nSPS) is 10.8. The third-order valence-electron chi connectivity index (χ3n) is 3.33. The summed E-state index contributed by atoms with van der Waals surface area (Å²) < 4.78 is 5.64. The Balaban J connectivity index is 1.74. The van der Waals surface area contributed by atoms with E-state index in [1.54, 1.807) is 6.20 Å². The molecule has 0 atom stereocenters. The van der Waals surface area contributed by atoms with Crippen LogP contribution in [0.4, 0.5) is 5.69 Å². The van der Waals surface area contributed by atoms with Crippen LogP contribution in [0.3, 0.4) is 0 Å². The molecule has 2 aromatic rings. The number of aromatic nitrogens is 1. The molecule has 0 aliphatic carbocycles. The van der Waals surface area contributed by atoms with Gasteiger partial charge in [0.1, 0.15) is 5.75 Å². The second kappa shape index (κ2) is 8.75. The van der Waals surface area contributed by atoms with Crippen LogP contribution in [-0.4, -0.2) is 24.2 Å². The molecule has 2 rings (SSSR count). The highest BCUT2D eigenvalue weighted by Gasteiger charge is 2.05. The van der Waals surface area contributed by atoms with Gasteiger partial charge in [0.2, 0.25) is 0 Å². The summed E-state index contributed by atoms with van der Waals surface area (Å²) in [5.74, 6) is 0.736. The molecule has 0 saturated heterocycles. The van der Waals surface area contributed by atoms with Crippen LogP contribution in [0.2, 0.25) is 5.02 Å². The molecular formula is C18H24ClN3O. The number of benzene rings is 1. The summed E-state index contributed by atoms with van der Waals surface area (Å²) in [6.07, 6.45) is 3.78. The molecule has 0 aliphatic rings. The Kier molecular flexibility index (Phi) is 6.68. The van der Waals surface area contributed by atoms with Crippen LogP contribution in [0, 0.1) is 6.92 Å². The standard InChI is InChI=1S/C18H24ClN3O/c1-13(2)23-18-5-4-15(10-16(18)19)12-21-8-9-22-17-6-7-20-11-14(17)3/h4-7,10-11,13,21H,8-9,12H2,1-3H3,(H,20,22). The molecule has 0 spiro atoms. The van der Waals surface area contributed by atoms with Crippen molar-refractivity contribution >= 4 is 17.3 Å². The summed E-state index contributed by atoms with van der Waals surface area (Å²) in [5, 5.41) is 7.45. The van der Waals surface area contributed by atoms with Gasteiger partial charge in [-0.15, -0.1) is 0 Å². The SMILES string of the molecule is Cc1cnccc1NCCNCc1ccc(OC(C)C)c(Cl)c1. The lowest BCUT2D eigenvalue weighted by Gasteiger charge is -2.13. The van der Waals surface area contributed by atoms with Gasteiger partial charge in [-0.3, -0.25) is 4.98 Å². The molecule has 0 amide bonds. The first-order valence-electron chi connectivity index (χ1n) is 7.86. The van der Waals surface area contributed by atoms with Gasteiger partial charge in [0.25, 0.3) is 0 Å². The van der Waals surface area contributed by atoms with Crippen LogP contribution < -0.4 is 15.4 Å². The number of ether oxygens (including phenoxy) is 1. The van der Waals surface area contributed by atoms with Gasteiger partial charge < -0.3 is 15.4 Å². The highest BCUT2D eigenvalue weighted by molar-refractivity contribution is 6.32. The first kappa shape index (κ1) is 17.6. The van der Waals surface area contributed by atoms with Crippen molar-refractivity contribution in [1.82, 2.24) is 10.3 Å². The number of rotatable bonds is 8. The molecule has 0 radical (unpaired) electrons. The van der Waals surface area contributed by atoms with Gasteiger partial charge in [-0.25, -0.2) is 0 Å². The zero-order chi connectivity index (χ0) is 16.7. The summed E-state index contributed by atoms with van der Waals surface area (Å²) in [7, 11) is 0. The molecule has 4 nitrogen and oxygen atoms in total. The molecule has 5 heteroatoms. The second-order valence-electron chi connectivity index (χ2n) is 5.73. The van der Waals surface area contributed by atoms with Crippen molar-refractivity contribution in [3.8, 4) is 5.75 Å². The highest BCUT2D eigenvalue weighted by atomic mass is 35.5. The molecule has 23 heavy (non-hydrogen) atoms. The molecule has 1 heterocycles. The molecule has 1 aromatic carbocycles. The van der Waals surface area contributed by atoms with Crippen molar-refractivity contribution in [2.75, 3.05) is 18.4 Å². The van der Waals surface area contributed by atoms with Crippen molar-refractivity contribution in [3.05, 3.63) is 52.8 Å². The topological polar surface area (TPSA) is 46.2 Å². The molecule has 0 bridgehead atoms. The van der Waals surface area contributed by atoms with E-state index < -0.39 is 0 Å². The molecule has 0 saturated carbocycles. The quantitative estimate of drug-likeness (QED) is 0.716. The number of pyridine rings is 1. The molecule has 124 valence electrons. The maximum Gasteiger partial charge on any atom is 0.138 e. The van der Waals surface area contributed by atoms with Gasteiger partial charge in [-0.05, 0) is 50.1 Å². The van der Waals surface area contributed by atoms with Crippen LogP contribution >= 0.6 is 11.6 Å². The van der Waals surface area contributed by atoms with E-state index in [2.05, 4.69) is 15.6 Å². The Hall–Kier alpha value is -1.78. The predicted octanol–water partition coefficient (Wildman–Crippen LogP) is 4.03. The second-order valence-corrected chi connectivity index (χ2v) is 6.13. The van der Waals surface area contributed by atoms with E-state index in [1.807, 2.05) is 51.2 Å². The number of nitrogens with zero attached hydrogens (tertiary/aromatic N) is 1. The Labute approximate surface area is 143 Å². The van der Waals surface area contributed by atoms with E-state index >= 15 is 0 Å². The molecule has 1 aromatic heterocycles. The zero-order valence-corrected chi connectivity index (χ0v) is 14.7. The first-order valence-corrected chi connectivity index (χ1v) is 8.24. The van der Waals surface area contributed by atoms with Gasteiger partial charge in [0.15, 0.2) is 0 Å². The average Bonchev–Trinajstić information content (AvgIpc) is 2.51. The van der Waals surface area contributed by atoms with Crippen LogP contribution in [0.5, 0.6) is 5.75 Å². The molecule has 0 aliphatic heterocycles. The lowest BCUT2D eigenvalue weighted by atomic mass is 10.2. The van der Waals surface area contributed by atoms with Gasteiger partial charge >= 0.3 is 0 Å². The minimum absolute atomic E-state index is 0.124. The van der Waals surface area contributed by atoms with E-state index in [4.69, 9.17) is 16.3 Å². The minimum atomic E-state index is 0.124.